The summed E-state index contributed by atoms with van der Waals surface area (Å²) in [5.41, 5.74) is 1.12. The summed E-state index contributed by atoms with van der Waals surface area (Å²) in [4.78, 5) is 20.9. The zero-order valence-corrected chi connectivity index (χ0v) is 15.8. The molecule has 0 unspecified atom stereocenters. The third-order valence-electron chi connectivity index (χ3n) is 3.38. The fourth-order valence-corrected chi connectivity index (χ4v) is 3.05. The number of thiazole rings is 1. The van der Waals surface area contributed by atoms with E-state index in [0.717, 1.165) is 10.2 Å². The molecule has 26 heavy (non-hydrogen) atoms. The van der Waals surface area contributed by atoms with Crippen molar-refractivity contribution in [3.8, 4) is 5.88 Å². The number of carbonyl (C=O) groups excluding carboxylic acids is 1. The van der Waals surface area contributed by atoms with Crippen molar-refractivity contribution >= 4 is 32.6 Å². The molecule has 0 aliphatic carbocycles. The van der Waals surface area contributed by atoms with Crippen LogP contribution < -0.4 is 10.1 Å². The van der Waals surface area contributed by atoms with Crippen LogP contribution in [0.2, 0.25) is 0 Å². The Morgan fingerprint density at radius 2 is 1.96 bits per heavy atom. The molecule has 1 amide bonds. The Hall–Kier alpha value is -2.51. The van der Waals surface area contributed by atoms with Gasteiger partial charge in [0.25, 0.3) is 5.91 Å². The summed E-state index contributed by atoms with van der Waals surface area (Å²) in [6.45, 7) is 6.85. The summed E-state index contributed by atoms with van der Waals surface area (Å²) >= 11 is 1.44. The molecule has 0 saturated heterocycles. The predicted octanol–water partition coefficient (Wildman–Crippen LogP) is 4.14. The second-order valence-corrected chi connectivity index (χ2v) is 7.67. The molecule has 0 atom stereocenters. The van der Waals surface area contributed by atoms with E-state index >= 15 is 0 Å². The van der Waals surface area contributed by atoms with E-state index in [9.17, 15) is 4.79 Å². The summed E-state index contributed by atoms with van der Waals surface area (Å²) in [6.07, 6.45) is 1.49. The summed E-state index contributed by atoms with van der Waals surface area (Å²) < 4.78 is 12.1. The van der Waals surface area contributed by atoms with Crippen LogP contribution in [-0.4, -0.2) is 34.7 Å². The molecule has 0 aliphatic heterocycles. The number of para-hydroxylation sites is 1. The van der Waals surface area contributed by atoms with Crippen molar-refractivity contribution in [1.82, 2.24) is 9.97 Å². The first-order valence-corrected chi connectivity index (χ1v) is 9.12. The second kappa shape index (κ2) is 7.80. The van der Waals surface area contributed by atoms with Crippen LogP contribution in [0.1, 0.15) is 31.1 Å². The Bertz CT molecular complexity index is 852. The lowest BCUT2D eigenvalue weighted by molar-refractivity contribution is -0.0168. The molecule has 1 aromatic carbocycles. The number of ether oxygens (including phenoxy) is 2. The van der Waals surface area contributed by atoms with Crippen molar-refractivity contribution in [2.45, 2.75) is 26.4 Å². The van der Waals surface area contributed by atoms with Gasteiger partial charge in [-0.25, -0.2) is 9.97 Å². The molecular formula is C19H21N3O3S. The first-order valence-electron chi connectivity index (χ1n) is 8.30. The molecule has 0 spiro atoms. The average Bonchev–Trinajstić information content (AvgIpc) is 3.00. The van der Waals surface area contributed by atoms with Crippen molar-refractivity contribution in [1.29, 1.82) is 0 Å². The normalized spacial score (nSPS) is 11.5. The highest BCUT2D eigenvalue weighted by atomic mass is 32.1. The first kappa shape index (κ1) is 18.3. The lowest BCUT2D eigenvalue weighted by Gasteiger charge is -2.19. The third kappa shape index (κ3) is 5.00. The highest BCUT2D eigenvalue weighted by Crippen LogP contribution is 2.25. The van der Waals surface area contributed by atoms with Gasteiger partial charge in [-0.15, -0.1) is 0 Å². The smallest absolute Gasteiger partial charge is 0.259 e. The first-order chi connectivity index (χ1) is 12.4. The SMILES string of the molecule is CC(C)(C)OCCOc1ccc(C(=O)Nc2nc3ccccc3s2)cn1. The molecule has 7 heteroatoms. The van der Waals surface area contributed by atoms with Crippen molar-refractivity contribution in [2.24, 2.45) is 0 Å². The fourth-order valence-electron chi connectivity index (χ4n) is 2.19. The lowest BCUT2D eigenvalue weighted by atomic mass is 10.2. The maximum absolute atomic E-state index is 12.3. The molecule has 2 heterocycles. The van der Waals surface area contributed by atoms with Gasteiger partial charge in [-0.05, 0) is 39.0 Å². The van der Waals surface area contributed by atoms with Gasteiger partial charge in [-0.1, -0.05) is 23.5 Å². The Kier molecular flexibility index (Phi) is 5.49. The molecule has 0 fully saturated rings. The molecule has 3 rings (SSSR count). The van der Waals surface area contributed by atoms with Crippen LogP contribution in [0.5, 0.6) is 5.88 Å². The molecule has 3 aromatic rings. The van der Waals surface area contributed by atoms with Gasteiger partial charge in [0.05, 0.1) is 28.0 Å². The number of nitrogens with zero attached hydrogens (tertiary/aromatic N) is 2. The largest absolute Gasteiger partial charge is 0.475 e. The summed E-state index contributed by atoms with van der Waals surface area (Å²) in [5, 5.41) is 3.37. The van der Waals surface area contributed by atoms with E-state index in [-0.39, 0.29) is 11.5 Å². The van der Waals surface area contributed by atoms with Crippen LogP contribution in [0.3, 0.4) is 0 Å². The molecule has 0 aliphatic rings. The highest BCUT2D eigenvalue weighted by Gasteiger charge is 2.11. The maximum atomic E-state index is 12.3. The lowest BCUT2D eigenvalue weighted by Crippen LogP contribution is -2.22. The molecule has 0 bridgehead atoms. The zero-order chi connectivity index (χ0) is 18.6. The number of pyridine rings is 1. The van der Waals surface area contributed by atoms with Crippen LogP contribution in [0, 0.1) is 0 Å². The molecule has 0 saturated carbocycles. The Labute approximate surface area is 156 Å². The fraction of sp³-hybridized carbons (Fsp3) is 0.316. The van der Waals surface area contributed by atoms with Crippen molar-refractivity contribution in [2.75, 3.05) is 18.5 Å². The van der Waals surface area contributed by atoms with E-state index in [4.69, 9.17) is 9.47 Å². The molecular weight excluding hydrogens is 350 g/mol. The zero-order valence-electron chi connectivity index (χ0n) is 15.0. The Morgan fingerprint density at radius 1 is 1.15 bits per heavy atom. The monoisotopic (exact) mass is 371 g/mol. The number of anilines is 1. The van der Waals surface area contributed by atoms with E-state index in [0.29, 0.717) is 29.8 Å². The number of carbonyl (C=O) groups is 1. The minimum atomic E-state index is -0.251. The van der Waals surface area contributed by atoms with Gasteiger partial charge in [-0.2, -0.15) is 0 Å². The average molecular weight is 371 g/mol. The topological polar surface area (TPSA) is 73.3 Å². The molecule has 1 N–H and O–H groups in total. The molecule has 0 radical (unpaired) electrons. The van der Waals surface area contributed by atoms with Gasteiger partial charge in [0.15, 0.2) is 5.13 Å². The minimum Gasteiger partial charge on any atom is -0.475 e. The number of benzene rings is 1. The van der Waals surface area contributed by atoms with Gasteiger partial charge in [0.1, 0.15) is 6.61 Å². The van der Waals surface area contributed by atoms with E-state index < -0.39 is 0 Å². The quantitative estimate of drug-likeness (QED) is 0.659. The van der Waals surface area contributed by atoms with Crippen molar-refractivity contribution in [3.63, 3.8) is 0 Å². The van der Waals surface area contributed by atoms with E-state index in [1.54, 1.807) is 12.1 Å². The standard InChI is InChI=1S/C19H21N3O3S/c1-19(2,3)25-11-10-24-16-9-8-13(12-20-16)17(23)22-18-21-14-6-4-5-7-15(14)26-18/h4-9,12H,10-11H2,1-3H3,(H,21,22,23). The number of hydrogen-bond acceptors (Lipinski definition) is 6. The number of nitrogens with one attached hydrogen (secondary N) is 1. The van der Waals surface area contributed by atoms with E-state index in [1.165, 1.54) is 17.5 Å². The summed E-state index contributed by atoms with van der Waals surface area (Å²) in [7, 11) is 0. The Balaban J connectivity index is 1.55. The van der Waals surface area contributed by atoms with Gasteiger partial charge in [0.2, 0.25) is 5.88 Å². The van der Waals surface area contributed by atoms with Gasteiger partial charge in [-0.3, -0.25) is 10.1 Å². The number of aromatic nitrogens is 2. The van der Waals surface area contributed by atoms with Crippen molar-refractivity contribution < 1.29 is 14.3 Å². The number of rotatable bonds is 6. The minimum absolute atomic E-state index is 0.195. The van der Waals surface area contributed by atoms with Gasteiger partial charge in [0, 0.05) is 12.3 Å². The van der Waals surface area contributed by atoms with E-state index in [2.05, 4.69) is 15.3 Å². The van der Waals surface area contributed by atoms with Crippen LogP contribution in [0.4, 0.5) is 5.13 Å². The number of fused-ring (bicyclic) bond motifs is 1. The van der Waals surface area contributed by atoms with Crippen molar-refractivity contribution in [3.05, 3.63) is 48.2 Å². The maximum Gasteiger partial charge on any atom is 0.259 e. The third-order valence-corrected chi connectivity index (χ3v) is 4.33. The molecule has 6 nitrogen and oxygen atoms in total. The van der Waals surface area contributed by atoms with Crippen LogP contribution in [0.15, 0.2) is 42.6 Å². The van der Waals surface area contributed by atoms with Crippen LogP contribution in [0.25, 0.3) is 10.2 Å². The highest BCUT2D eigenvalue weighted by molar-refractivity contribution is 7.22. The second-order valence-electron chi connectivity index (χ2n) is 6.64. The molecule has 136 valence electrons. The predicted molar refractivity (Wildman–Crippen MR) is 103 cm³/mol. The summed E-state index contributed by atoms with van der Waals surface area (Å²) in [5.74, 6) is 0.207. The number of hydrogen-bond donors (Lipinski definition) is 1. The summed E-state index contributed by atoms with van der Waals surface area (Å²) in [6, 6.07) is 11.1. The number of amides is 1. The van der Waals surface area contributed by atoms with Gasteiger partial charge >= 0.3 is 0 Å². The van der Waals surface area contributed by atoms with Crippen LogP contribution in [-0.2, 0) is 4.74 Å². The van der Waals surface area contributed by atoms with Crippen LogP contribution >= 0.6 is 11.3 Å². The molecule has 2 aromatic heterocycles. The Morgan fingerprint density at radius 3 is 2.65 bits per heavy atom. The van der Waals surface area contributed by atoms with E-state index in [1.807, 2.05) is 45.0 Å². The van der Waals surface area contributed by atoms with Gasteiger partial charge < -0.3 is 9.47 Å².